The molecule has 1 saturated heterocycles. The van der Waals surface area contributed by atoms with Gasteiger partial charge in [0.05, 0.1) is 13.2 Å². The minimum atomic E-state index is -0.231. The zero-order chi connectivity index (χ0) is 17.9. The van der Waals surface area contributed by atoms with E-state index in [4.69, 9.17) is 14.7 Å². The number of amides is 1. The van der Waals surface area contributed by atoms with Crippen LogP contribution in [-0.2, 0) is 6.54 Å². The van der Waals surface area contributed by atoms with Crippen LogP contribution in [0.3, 0.4) is 0 Å². The maximum absolute atomic E-state index is 12.8. The van der Waals surface area contributed by atoms with E-state index in [1.165, 1.54) is 12.4 Å². The van der Waals surface area contributed by atoms with Gasteiger partial charge in [0.2, 0.25) is 11.6 Å². The van der Waals surface area contributed by atoms with Crippen molar-refractivity contribution in [1.82, 2.24) is 24.6 Å². The highest BCUT2D eigenvalue weighted by Gasteiger charge is 2.29. The van der Waals surface area contributed by atoms with Gasteiger partial charge in [-0.25, -0.2) is 14.6 Å². The molecule has 9 heteroatoms. The number of carbonyl (C=O) groups is 1. The second kappa shape index (κ2) is 7.00. The van der Waals surface area contributed by atoms with Gasteiger partial charge in [-0.2, -0.15) is 10.4 Å². The number of nitriles is 1. The number of piperidine rings is 1. The van der Waals surface area contributed by atoms with Crippen molar-refractivity contribution in [2.24, 2.45) is 0 Å². The second-order valence-electron chi connectivity index (χ2n) is 6.25. The van der Waals surface area contributed by atoms with Gasteiger partial charge in [0, 0.05) is 38.0 Å². The van der Waals surface area contributed by atoms with Crippen molar-refractivity contribution in [2.75, 3.05) is 19.7 Å². The van der Waals surface area contributed by atoms with E-state index < -0.39 is 0 Å². The molecule has 1 fully saturated rings. The molecule has 9 nitrogen and oxygen atoms in total. The predicted molar refractivity (Wildman–Crippen MR) is 88.6 cm³/mol. The molecule has 4 heterocycles. The number of aromatic nitrogens is 4. The van der Waals surface area contributed by atoms with Crippen molar-refractivity contribution < 1.29 is 14.3 Å². The Balaban J connectivity index is 1.45. The van der Waals surface area contributed by atoms with Crippen molar-refractivity contribution in [3.8, 4) is 17.8 Å². The summed E-state index contributed by atoms with van der Waals surface area (Å²) in [5.74, 6) is 0.714. The van der Waals surface area contributed by atoms with Crippen molar-refractivity contribution in [3.63, 3.8) is 0 Å². The number of fused-ring (bicyclic) bond motifs is 1. The van der Waals surface area contributed by atoms with Gasteiger partial charge in [0.1, 0.15) is 12.2 Å². The Bertz CT molecular complexity index is 835. The molecule has 134 valence electrons. The normalized spacial score (nSPS) is 19.2. The molecule has 0 aromatic carbocycles. The molecular weight excluding hydrogens is 336 g/mol. The number of aryl methyl sites for hydroxylation is 1. The maximum Gasteiger partial charge on any atom is 0.274 e. The molecule has 2 aliphatic rings. The van der Waals surface area contributed by atoms with E-state index in [9.17, 15) is 4.79 Å². The Labute approximate surface area is 150 Å². The summed E-state index contributed by atoms with van der Waals surface area (Å²) in [5.41, 5.74) is 0.537. The lowest BCUT2D eigenvalue weighted by Crippen LogP contribution is -2.44. The Kier molecular flexibility index (Phi) is 4.39. The van der Waals surface area contributed by atoms with Gasteiger partial charge in [0.25, 0.3) is 11.8 Å². The number of likely N-dealkylation sites (tertiary alicyclic amines) is 1. The Morgan fingerprint density at radius 3 is 3.04 bits per heavy atom. The highest BCUT2D eigenvalue weighted by atomic mass is 16.5. The first-order valence-corrected chi connectivity index (χ1v) is 8.62. The summed E-state index contributed by atoms with van der Waals surface area (Å²) in [6.45, 7) is 2.48. The van der Waals surface area contributed by atoms with E-state index >= 15 is 0 Å². The van der Waals surface area contributed by atoms with Gasteiger partial charge in [0.15, 0.2) is 5.69 Å². The summed E-state index contributed by atoms with van der Waals surface area (Å²) in [5, 5.41) is 13.5. The van der Waals surface area contributed by atoms with Gasteiger partial charge < -0.3 is 14.4 Å². The molecule has 0 N–H and O–H groups in total. The monoisotopic (exact) mass is 354 g/mol. The van der Waals surface area contributed by atoms with Crippen LogP contribution in [0, 0.1) is 11.3 Å². The molecule has 2 aromatic rings. The maximum atomic E-state index is 12.8. The first-order chi connectivity index (χ1) is 12.7. The number of rotatable bonds is 3. The predicted octanol–water partition coefficient (Wildman–Crippen LogP) is 1.01. The van der Waals surface area contributed by atoms with Gasteiger partial charge in [-0.1, -0.05) is 0 Å². The lowest BCUT2D eigenvalue weighted by Gasteiger charge is -2.32. The number of nitrogens with zero attached hydrogens (tertiary/aromatic N) is 6. The number of ether oxygens (including phenoxy) is 2. The second-order valence-corrected chi connectivity index (χ2v) is 6.25. The van der Waals surface area contributed by atoms with Crippen LogP contribution in [0.25, 0.3) is 0 Å². The van der Waals surface area contributed by atoms with E-state index in [0.717, 1.165) is 25.8 Å². The van der Waals surface area contributed by atoms with Gasteiger partial charge >= 0.3 is 0 Å². The highest BCUT2D eigenvalue weighted by Crippen LogP contribution is 2.22. The fourth-order valence-electron chi connectivity index (χ4n) is 3.20. The number of hydrogen-bond donors (Lipinski definition) is 0. The van der Waals surface area contributed by atoms with Crippen LogP contribution < -0.4 is 9.47 Å². The third-order valence-electron chi connectivity index (χ3n) is 4.44. The summed E-state index contributed by atoms with van der Waals surface area (Å²) in [6.07, 6.45) is 5.19. The first-order valence-electron chi connectivity index (χ1n) is 8.62. The molecule has 0 aliphatic carbocycles. The van der Waals surface area contributed by atoms with Gasteiger partial charge in [-0.05, 0) is 12.8 Å². The summed E-state index contributed by atoms with van der Waals surface area (Å²) in [7, 11) is 0. The van der Waals surface area contributed by atoms with Crippen LogP contribution in [0.5, 0.6) is 11.8 Å². The number of carbonyl (C=O) groups excluding carboxylic acids is 1. The summed E-state index contributed by atoms with van der Waals surface area (Å²) in [4.78, 5) is 22.5. The average molecular weight is 354 g/mol. The largest absolute Gasteiger partial charge is 0.478 e. The van der Waals surface area contributed by atoms with Gasteiger partial charge in [-0.3, -0.25) is 4.79 Å². The fourth-order valence-corrected chi connectivity index (χ4v) is 3.20. The van der Waals surface area contributed by atoms with Crippen LogP contribution in [0.2, 0.25) is 0 Å². The van der Waals surface area contributed by atoms with Crippen LogP contribution in [0.1, 0.15) is 35.4 Å². The van der Waals surface area contributed by atoms with E-state index in [1.807, 2.05) is 6.07 Å². The van der Waals surface area contributed by atoms with E-state index in [0.29, 0.717) is 31.3 Å². The molecule has 2 aliphatic heterocycles. The number of hydrogen-bond acceptors (Lipinski definition) is 7. The Morgan fingerprint density at radius 1 is 1.31 bits per heavy atom. The van der Waals surface area contributed by atoms with E-state index in [-0.39, 0.29) is 23.6 Å². The molecule has 0 radical (unpaired) electrons. The average Bonchev–Trinajstić information content (AvgIpc) is 3.12. The zero-order valence-electron chi connectivity index (χ0n) is 14.2. The Morgan fingerprint density at radius 2 is 2.19 bits per heavy atom. The highest BCUT2D eigenvalue weighted by molar-refractivity contribution is 5.92. The lowest BCUT2D eigenvalue weighted by molar-refractivity contribution is 0.0520. The van der Waals surface area contributed by atoms with Gasteiger partial charge in [-0.15, -0.1) is 0 Å². The smallest absolute Gasteiger partial charge is 0.274 e. The minimum Gasteiger partial charge on any atom is -0.478 e. The Hall–Kier alpha value is -3.15. The molecule has 0 bridgehead atoms. The molecule has 1 atom stereocenters. The fraction of sp³-hybridized carbons (Fsp3) is 0.471. The lowest BCUT2D eigenvalue weighted by atomic mass is 10.1. The molecule has 0 saturated carbocycles. The topological polar surface area (TPSA) is 106 Å². The van der Waals surface area contributed by atoms with Crippen LogP contribution >= 0.6 is 0 Å². The van der Waals surface area contributed by atoms with E-state index in [1.54, 1.807) is 15.6 Å². The molecule has 2 aromatic heterocycles. The molecule has 4 rings (SSSR count). The van der Waals surface area contributed by atoms with Crippen molar-refractivity contribution in [1.29, 1.82) is 5.26 Å². The molecule has 26 heavy (non-hydrogen) atoms. The third-order valence-corrected chi connectivity index (χ3v) is 4.44. The van der Waals surface area contributed by atoms with Crippen molar-refractivity contribution in [2.45, 2.75) is 31.9 Å². The van der Waals surface area contributed by atoms with Crippen LogP contribution in [-0.4, -0.2) is 56.4 Å². The minimum absolute atomic E-state index is 0.136. The quantitative estimate of drug-likeness (QED) is 0.810. The van der Waals surface area contributed by atoms with Crippen molar-refractivity contribution in [3.05, 3.63) is 29.8 Å². The van der Waals surface area contributed by atoms with Crippen LogP contribution in [0.4, 0.5) is 0 Å². The third kappa shape index (κ3) is 3.18. The molecule has 0 unspecified atom stereocenters. The standard InChI is InChI=1S/C17H18N6O3/c18-10-14-16(20-5-4-19-14)26-12-3-1-6-22(11-12)17(24)13-9-15-23(21-13)7-2-8-25-15/h4-5,9,12H,1-3,6-8,11H2/t12-/m1/s1. The van der Waals surface area contributed by atoms with Crippen molar-refractivity contribution >= 4 is 5.91 Å². The first kappa shape index (κ1) is 16.3. The van der Waals surface area contributed by atoms with Crippen LogP contribution in [0.15, 0.2) is 18.5 Å². The zero-order valence-corrected chi connectivity index (χ0v) is 14.2. The van der Waals surface area contributed by atoms with E-state index in [2.05, 4.69) is 15.1 Å². The SMILES string of the molecule is N#Cc1nccnc1O[C@@H]1CCCN(C(=O)c2cc3n(n2)CCCO3)C1. The summed E-state index contributed by atoms with van der Waals surface area (Å²) < 4.78 is 13.1. The summed E-state index contributed by atoms with van der Waals surface area (Å²) >= 11 is 0. The molecular formula is C17H18N6O3. The summed E-state index contributed by atoms with van der Waals surface area (Å²) in [6, 6.07) is 3.66. The molecule has 0 spiro atoms. The molecule has 1 amide bonds.